The number of carbonyl (C=O) groups is 1. The Morgan fingerprint density at radius 1 is 0.846 bits per heavy atom. The monoisotopic (exact) mass is 352 g/mol. The molecule has 3 unspecified atom stereocenters. The number of cyclic esters (lactones) is 1. The standard InChI is InChI=1S/C20H16O6/c21-20-17-11(7-22-20)4-10-5-15-16(25-8-24-15)6-13(10)18(17)12-2-1-3-14-19(12)26-9-23-14/h1-3,5-6,11,17-18H,4,7-9H2. The molecular weight excluding hydrogens is 336 g/mol. The van der Waals surface area contributed by atoms with Gasteiger partial charge in [-0.1, -0.05) is 12.1 Å². The minimum Gasteiger partial charge on any atom is -0.465 e. The van der Waals surface area contributed by atoms with Gasteiger partial charge >= 0.3 is 5.97 Å². The lowest BCUT2D eigenvalue weighted by molar-refractivity contribution is -0.141. The highest BCUT2D eigenvalue weighted by atomic mass is 16.7. The molecular formula is C20H16O6. The Hall–Kier alpha value is -2.89. The quantitative estimate of drug-likeness (QED) is 0.735. The van der Waals surface area contributed by atoms with E-state index in [1.165, 1.54) is 5.56 Å². The number of ether oxygens (including phenoxy) is 5. The van der Waals surface area contributed by atoms with Crippen LogP contribution in [0.15, 0.2) is 30.3 Å². The first-order valence-electron chi connectivity index (χ1n) is 8.77. The SMILES string of the molecule is O=C1OCC2Cc3cc4c(cc3C(c3cccc5c3OCO5)C12)OCO4. The Kier molecular flexibility index (Phi) is 2.78. The normalized spacial score (nSPS) is 27.1. The average Bonchev–Trinajstić information content (AvgIpc) is 3.37. The summed E-state index contributed by atoms with van der Waals surface area (Å²) in [6, 6.07) is 9.91. The largest absolute Gasteiger partial charge is 0.465 e. The van der Waals surface area contributed by atoms with Crippen molar-refractivity contribution in [2.75, 3.05) is 20.2 Å². The van der Waals surface area contributed by atoms with Gasteiger partial charge in [-0.05, 0) is 35.7 Å². The molecule has 1 saturated heterocycles. The van der Waals surface area contributed by atoms with Crippen LogP contribution in [0.4, 0.5) is 0 Å². The van der Waals surface area contributed by atoms with Gasteiger partial charge in [0.2, 0.25) is 13.6 Å². The molecule has 0 bridgehead atoms. The fourth-order valence-corrected chi connectivity index (χ4v) is 4.68. The Balaban J connectivity index is 1.58. The van der Waals surface area contributed by atoms with Crippen molar-refractivity contribution in [3.8, 4) is 23.0 Å². The zero-order valence-corrected chi connectivity index (χ0v) is 13.9. The molecule has 6 nitrogen and oxygen atoms in total. The van der Waals surface area contributed by atoms with Crippen molar-refractivity contribution in [1.82, 2.24) is 0 Å². The third-order valence-electron chi connectivity index (χ3n) is 5.79. The zero-order chi connectivity index (χ0) is 17.3. The summed E-state index contributed by atoms with van der Waals surface area (Å²) in [4.78, 5) is 12.6. The van der Waals surface area contributed by atoms with Crippen LogP contribution in [0, 0.1) is 11.8 Å². The molecule has 3 atom stereocenters. The molecule has 3 aliphatic heterocycles. The summed E-state index contributed by atoms with van der Waals surface area (Å²) in [6.45, 7) is 0.890. The smallest absolute Gasteiger partial charge is 0.310 e. The molecule has 0 spiro atoms. The number of hydrogen-bond acceptors (Lipinski definition) is 6. The molecule has 0 radical (unpaired) electrons. The summed E-state index contributed by atoms with van der Waals surface area (Å²) in [7, 11) is 0. The Bertz CT molecular complexity index is 936. The van der Waals surface area contributed by atoms with Crippen molar-refractivity contribution in [2.45, 2.75) is 12.3 Å². The van der Waals surface area contributed by atoms with E-state index in [-0.39, 0.29) is 37.3 Å². The van der Waals surface area contributed by atoms with Crippen molar-refractivity contribution < 1.29 is 28.5 Å². The van der Waals surface area contributed by atoms with Crippen LogP contribution in [0.2, 0.25) is 0 Å². The topological polar surface area (TPSA) is 63.2 Å². The summed E-state index contributed by atoms with van der Waals surface area (Å²) >= 11 is 0. The molecule has 3 heterocycles. The molecule has 26 heavy (non-hydrogen) atoms. The van der Waals surface area contributed by atoms with E-state index in [9.17, 15) is 4.79 Å². The second-order valence-corrected chi connectivity index (χ2v) is 7.08. The molecule has 0 saturated carbocycles. The van der Waals surface area contributed by atoms with Gasteiger partial charge in [-0.2, -0.15) is 0 Å². The molecule has 0 N–H and O–H groups in total. The predicted molar refractivity (Wildman–Crippen MR) is 88.6 cm³/mol. The van der Waals surface area contributed by atoms with Gasteiger partial charge in [0, 0.05) is 17.4 Å². The number of hydrogen-bond donors (Lipinski definition) is 0. The number of carbonyl (C=O) groups excluding carboxylic acids is 1. The van der Waals surface area contributed by atoms with E-state index >= 15 is 0 Å². The number of benzene rings is 2. The van der Waals surface area contributed by atoms with Gasteiger partial charge in [0.05, 0.1) is 12.5 Å². The van der Waals surface area contributed by atoms with Crippen molar-refractivity contribution in [3.05, 3.63) is 47.0 Å². The van der Waals surface area contributed by atoms with Crippen molar-refractivity contribution in [3.63, 3.8) is 0 Å². The third kappa shape index (κ3) is 1.84. The average molecular weight is 352 g/mol. The van der Waals surface area contributed by atoms with Gasteiger partial charge in [0.1, 0.15) is 0 Å². The molecule has 2 aromatic carbocycles. The lowest BCUT2D eigenvalue weighted by Crippen LogP contribution is -2.31. The van der Waals surface area contributed by atoms with Crippen LogP contribution < -0.4 is 18.9 Å². The molecule has 132 valence electrons. The number of fused-ring (bicyclic) bond motifs is 4. The Morgan fingerprint density at radius 2 is 1.65 bits per heavy atom. The fraction of sp³-hybridized carbons (Fsp3) is 0.350. The van der Waals surface area contributed by atoms with Crippen molar-refractivity contribution in [2.24, 2.45) is 11.8 Å². The number of rotatable bonds is 1. The second kappa shape index (κ2) is 5.06. The first-order valence-corrected chi connectivity index (χ1v) is 8.77. The van der Waals surface area contributed by atoms with Gasteiger partial charge in [-0.25, -0.2) is 0 Å². The first kappa shape index (κ1) is 14.3. The maximum absolute atomic E-state index is 12.6. The van der Waals surface area contributed by atoms with Gasteiger partial charge in [0.15, 0.2) is 23.0 Å². The van der Waals surface area contributed by atoms with Gasteiger partial charge in [0.25, 0.3) is 0 Å². The Morgan fingerprint density at radius 3 is 2.58 bits per heavy atom. The van der Waals surface area contributed by atoms with Gasteiger partial charge < -0.3 is 23.7 Å². The number of esters is 1. The summed E-state index contributed by atoms with van der Waals surface area (Å²) < 4.78 is 27.9. The second-order valence-electron chi connectivity index (χ2n) is 7.08. The van der Waals surface area contributed by atoms with Crippen LogP contribution in [0.25, 0.3) is 0 Å². The molecule has 2 aromatic rings. The Labute approximate surface area is 149 Å². The van der Waals surface area contributed by atoms with Crippen LogP contribution in [0.3, 0.4) is 0 Å². The highest BCUT2D eigenvalue weighted by Crippen LogP contribution is 2.53. The summed E-state index contributed by atoms with van der Waals surface area (Å²) in [5.41, 5.74) is 3.22. The molecule has 6 rings (SSSR count). The number of para-hydroxylation sites is 1. The highest BCUT2D eigenvalue weighted by molar-refractivity contribution is 5.79. The molecule has 0 aromatic heterocycles. The third-order valence-corrected chi connectivity index (χ3v) is 5.79. The minimum atomic E-state index is -0.224. The van der Waals surface area contributed by atoms with E-state index in [2.05, 4.69) is 0 Å². The molecule has 4 aliphatic rings. The lowest BCUT2D eigenvalue weighted by Gasteiger charge is -2.33. The lowest BCUT2D eigenvalue weighted by atomic mass is 9.67. The maximum atomic E-state index is 12.6. The van der Waals surface area contributed by atoms with E-state index in [0.717, 1.165) is 40.5 Å². The van der Waals surface area contributed by atoms with Crippen LogP contribution >= 0.6 is 0 Å². The zero-order valence-electron chi connectivity index (χ0n) is 13.9. The molecule has 6 heteroatoms. The van der Waals surface area contributed by atoms with Crippen LogP contribution in [-0.2, 0) is 16.0 Å². The molecule has 1 fully saturated rings. The van der Waals surface area contributed by atoms with E-state index in [4.69, 9.17) is 23.7 Å². The van der Waals surface area contributed by atoms with E-state index < -0.39 is 0 Å². The fourth-order valence-electron chi connectivity index (χ4n) is 4.68. The van der Waals surface area contributed by atoms with Crippen molar-refractivity contribution in [1.29, 1.82) is 0 Å². The molecule has 0 amide bonds. The molecule has 1 aliphatic carbocycles. The predicted octanol–water partition coefficient (Wildman–Crippen LogP) is 2.62. The first-order chi connectivity index (χ1) is 12.8. The van der Waals surface area contributed by atoms with E-state index in [0.29, 0.717) is 6.61 Å². The van der Waals surface area contributed by atoms with Gasteiger partial charge in [-0.15, -0.1) is 0 Å². The van der Waals surface area contributed by atoms with E-state index in [1.807, 2.05) is 30.3 Å². The summed E-state index contributed by atoms with van der Waals surface area (Å²) in [5.74, 6) is 2.58. The van der Waals surface area contributed by atoms with Gasteiger partial charge in [-0.3, -0.25) is 4.79 Å². The summed E-state index contributed by atoms with van der Waals surface area (Å²) in [6.07, 6.45) is 0.797. The van der Waals surface area contributed by atoms with Crippen molar-refractivity contribution >= 4 is 5.97 Å². The van der Waals surface area contributed by atoms with Crippen LogP contribution in [0.1, 0.15) is 22.6 Å². The minimum absolute atomic E-state index is 0.139. The summed E-state index contributed by atoms with van der Waals surface area (Å²) in [5, 5.41) is 0. The highest BCUT2D eigenvalue weighted by Gasteiger charge is 2.49. The van der Waals surface area contributed by atoms with Crippen LogP contribution in [0.5, 0.6) is 23.0 Å². The van der Waals surface area contributed by atoms with Crippen LogP contribution in [-0.4, -0.2) is 26.2 Å². The van der Waals surface area contributed by atoms with E-state index in [1.54, 1.807) is 0 Å². The maximum Gasteiger partial charge on any atom is 0.310 e.